The zero-order chi connectivity index (χ0) is 12.7. The van der Waals surface area contributed by atoms with Crippen LogP contribution in [0.25, 0.3) is 11.0 Å². The van der Waals surface area contributed by atoms with Crippen LogP contribution in [0, 0.1) is 5.82 Å². The van der Waals surface area contributed by atoms with Crippen molar-refractivity contribution in [2.75, 3.05) is 0 Å². The van der Waals surface area contributed by atoms with Crippen LogP contribution in [0.3, 0.4) is 0 Å². The van der Waals surface area contributed by atoms with Gasteiger partial charge in [-0.25, -0.2) is 9.18 Å². The van der Waals surface area contributed by atoms with Gasteiger partial charge in [0, 0.05) is 17.5 Å². The van der Waals surface area contributed by atoms with Gasteiger partial charge in [0.2, 0.25) is 0 Å². The molecule has 1 aromatic carbocycles. The first-order valence-corrected chi connectivity index (χ1v) is 5.68. The lowest BCUT2D eigenvalue weighted by Gasteiger charge is -2.03. The van der Waals surface area contributed by atoms with Crippen LogP contribution in [-0.2, 0) is 0 Å². The molecule has 4 nitrogen and oxygen atoms in total. The van der Waals surface area contributed by atoms with Crippen LogP contribution < -0.4 is 10.9 Å². The number of hydrogen-bond acceptors (Lipinski definition) is 3. The van der Waals surface area contributed by atoms with Crippen LogP contribution in [0.4, 0.5) is 4.39 Å². The van der Waals surface area contributed by atoms with Crippen molar-refractivity contribution in [1.29, 1.82) is 0 Å². The fourth-order valence-electron chi connectivity index (χ4n) is 1.73. The molecule has 1 aromatic heterocycles. The predicted octanol–water partition coefficient (Wildman–Crippen LogP) is 1.82. The summed E-state index contributed by atoms with van der Waals surface area (Å²) in [4.78, 5) is 23.4. The fraction of sp³-hybridized carbons (Fsp3) is 0.231. The first kappa shape index (κ1) is 11.0. The highest BCUT2D eigenvalue weighted by Crippen LogP contribution is 2.20. The minimum absolute atomic E-state index is 0.0407. The molecule has 0 atom stereocenters. The van der Waals surface area contributed by atoms with E-state index in [1.54, 1.807) is 0 Å². The summed E-state index contributed by atoms with van der Waals surface area (Å²) < 4.78 is 17.9. The van der Waals surface area contributed by atoms with Crippen molar-refractivity contribution in [2.45, 2.75) is 18.9 Å². The number of halogens is 1. The van der Waals surface area contributed by atoms with Gasteiger partial charge < -0.3 is 9.73 Å². The highest BCUT2D eigenvalue weighted by atomic mass is 19.1. The quantitative estimate of drug-likeness (QED) is 0.823. The molecular weight excluding hydrogens is 237 g/mol. The van der Waals surface area contributed by atoms with Gasteiger partial charge in [0.05, 0.1) is 0 Å². The summed E-state index contributed by atoms with van der Waals surface area (Å²) in [6.07, 6.45) is 1.88. The summed E-state index contributed by atoms with van der Waals surface area (Å²) in [6.45, 7) is 0. The minimum Gasteiger partial charge on any atom is -0.422 e. The number of amides is 1. The van der Waals surface area contributed by atoms with Gasteiger partial charge in [-0.3, -0.25) is 4.79 Å². The van der Waals surface area contributed by atoms with Crippen molar-refractivity contribution in [3.05, 3.63) is 46.1 Å². The molecule has 2 aromatic rings. The van der Waals surface area contributed by atoms with Gasteiger partial charge in [-0.1, -0.05) is 0 Å². The number of rotatable bonds is 2. The zero-order valence-electron chi connectivity index (χ0n) is 9.40. The smallest absolute Gasteiger partial charge is 0.349 e. The highest BCUT2D eigenvalue weighted by Gasteiger charge is 2.25. The molecule has 18 heavy (non-hydrogen) atoms. The number of carbonyl (C=O) groups is 1. The second-order valence-corrected chi connectivity index (χ2v) is 4.38. The van der Waals surface area contributed by atoms with Gasteiger partial charge in [0.1, 0.15) is 17.0 Å². The monoisotopic (exact) mass is 247 g/mol. The summed E-state index contributed by atoms with van der Waals surface area (Å²) in [7, 11) is 0. The van der Waals surface area contributed by atoms with Crippen LogP contribution in [0.2, 0.25) is 0 Å². The first-order valence-electron chi connectivity index (χ1n) is 5.68. The Kier molecular flexibility index (Phi) is 2.40. The van der Waals surface area contributed by atoms with E-state index in [0.717, 1.165) is 18.9 Å². The number of benzene rings is 1. The SMILES string of the molecule is O=C(NC1CC1)c1cc2ccc(F)cc2oc1=O. The predicted molar refractivity (Wildman–Crippen MR) is 62.9 cm³/mol. The van der Waals surface area contributed by atoms with Crippen LogP contribution in [-0.4, -0.2) is 11.9 Å². The maximum Gasteiger partial charge on any atom is 0.349 e. The van der Waals surface area contributed by atoms with Crippen LogP contribution in [0.5, 0.6) is 0 Å². The lowest BCUT2D eigenvalue weighted by atomic mass is 10.1. The van der Waals surface area contributed by atoms with E-state index in [0.29, 0.717) is 5.39 Å². The summed E-state index contributed by atoms with van der Waals surface area (Å²) in [5.41, 5.74) is -0.643. The molecule has 1 aliphatic carbocycles. The molecule has 1 fully saturated rings. The second kappa shape index (κ2) is 3.94. The molecule has 92 valence electrons. The molecule has 1 N–H and O–H groups in total. The summed E-state index contributed by atoms with van der Waals surface area (Å²) in [5.74, 6) is -0.918. The lowest BCUT2D eigenvalue weighted by Crippen LogP contribution is -2.29. The van der Waals surface area contributed by atoms with Gasteiger partial charge in [-0.05, 0) is 31.0 Å². The van der Waals surface area contributed by atoms with Crippen molar-refractivity contribution in [1.82, 2.24) is 5.32 Å². The number of nitrogens with one attached hydrogen (secondary N) is 1. The molecular formula is C13H10FNO3. The van der Waals surface area contributed by atoms with E-state index in [1.165, 1.54) is 18.2 Å². The Morgan fingerprint density at radius 2 is 2.11 bits per heavy atom. The van der Waals surface area contributed by atoms with Crippen LogP contribution in [0.15, 0.2) is 33.5 Å². The molecule has 0 radical (unpaired) electrons. The van der Waals surface area contributed by atoms with Gasteiger partial charge >= 0.3 is 5.63 Å². The molecule has 0 aliphatic heterocycles. The normalized spacial score (nSPS) is 14.7. The van der Waals surface area contributed by atoms with E-state index < -0.39 is 17.3 Å². The van der Waals surface area contributed by atoms with Crippen molar-refractivity contribution in [2.24, 2.45) is 0 Å². The van der Waals surface area contributed by atoms with E-state index in [1.807, 2.05) is 0 Å². The van der Waals surface area contributed by atoms with E-state index in [4.69, 9.17) is 4.42 Å². The standard InChI is InChI=1S/C13H10FNO3/c14-8-2-1-7-5-10(12(16)15-9-3-4-9)13(17)18-11(7)6-8/h1-2,5-6,9H,3-4H2,(H,15,16). The average molecular weight is 247 g/mol. The average Bonchev–Trinajstić information content (AvgIpc) is 3.11. The molecule has 0 spiro atoms. The zero-order valence-corrected chi connectivity index (χ0v) is 9.40. The molecule has 5 heteroatoms. The van der Waals surface area contributed by atoms with E-state index in [2.05, 4.69) is 5.32 Å². The molecule has 0 saturated heterocycles. The summed E-state index contributed by atoms with van der Waals surface area (Å²) >= 11 is 0. The number of carbonyl (C=O) groups excluding carboxylic acids is 1. The van der Waals surface area contributed by atoms with Gasteiger partial charge in [-0.15, -0.1) is 0 Å². The third-order valence-corrected chi connectivity index (χ3v) is 2.86. The Bertz CT molecular complexity index is 688. The molecule has 1 aliphatic rings. The molecule has 0 unspecified atom stereocenters. The lowest BCUT2D eigenvalue weighted by molar-refractivity contribution is 0.0947. The van der Waals surface area contributed by atoms with Crippen molar-refractivity contribution in [3.63, 3.8) is 0 Å². The highest BCUT2D eigenvalue weighted by molar-refractivity contribution is 5.96. The Morgan fingerprint density at radius 3 is 2.83 bits per heavy atom. The Hall–Kier alpha value is -2.17. The van der Waals surface area contributed by atoms with Gasteiger partial charge in [0.15, 0.2) is 0 Å². The molecule has 1 amide bonds. The van der Waals surface area contributed by atoms with Crippen molar-refractivity contribution < 1.29 is 13.6 Å². The summed E-state index contributed by atoms with van der Waals surface area (Å²) in [5, 5.41) is 3.24. The van der Waals surface area contributed by atoms with E-state index in [9.17, 15) is 14.0 Å². The fourth-order valence-corrected chi connectivity index (χ4v) is 1.73. The Balaban J connectivity index is 2.06. The van der Waals surface area contributed by atoms with E-state index >= 15 is 0 Å². The first-order chi connectivity index (χ1) is 8.63. The molecule has 1 heterocycles. The van der Waals surface area contributed by atoms with Crippen molar-refractivity contribution in [3.8, 4) is 0 Å². The molecule has 0 bridgehead atoms. The summed E-state index contributed by atoms with van der Waals surface area (Å²) in [6, 6.07) is 5.45. The maximum atomic E-state index is 13.0. The van der Waals surface area contributed by atoms with Crippen molar-refractivity contribution >= 4 is 16.9 Å². The van der Waals surface area contributed by atoms with Crippen LogP contribution in [0.1, 0.15) is 23.2 Å². The van der Waals surface area contributed by atoms with Gasteiger partial charge in [0.25, 0.3) is 5.91 Å². The number of fused-ring (bicyclic) bond motifs is 1. The number of hydrogen-bond donors (Lipinski definition) is 1. The van der Waals surface area contributed by atoms with Crippen LogP contribution >= 0.6 is 0 Å². The molecule has 1 saturated carbocycles. The van der Waals surface area contributed by atoms with E-state index in [-0.39, 0.29) is 17.2 Å². The topological polar surface area (TPSA) is 59.3 Å². The Labute approximate surface area is 101 Å². The largest absolute Gasteiger partial charge is 0.422 e. The Morgan fingerprint density at radius 1 is 1.33 bits per heavy atom. The minimum atomic E-state index is -0.744. The third-order valence-electron chi connectivity index (χ3n) is 2.86. The van der Waals surface area contributed by atoms with Gasteiger partial charge in [-0.2, -0.15) is 0 Å². The molecule has 3 rings (SSSR count). The maximum absolute atomic E-state index is 13.0. The second-order valence-electron chi connectivity index (χ2n) is 4.38. The third kappa shape index (κ3) is 1.99.